The summed E-state index contributed by atoms with van der Waals surface area (Å²) in [6.45, 7) is 6.12. The maximum Gasteiger partial charge on any atom is 0.0456 e. The van der Waals surface area contributed by atoms with E-state index in [0.717, 1.165) is 5.92 Å². The Morgan fingerprint density at radius 2 is 1.95 bits per heavy atom. The summed E-state index contributed by atoms with van der Waals surface area (Å²) >= 11 is 0. The molecule has 1 N–H and O–H groups in total. The van der Waals surface area contributed by atoms with Crippen molar-refractivity contribution in [1.82, 2.24) is 9.88 Å². The first kappa shape index (κ1) is 13.7. The van der Waals surface area contributed by atoms with Crippen LogP contribution in [0.15, 0.2) is 30.5 Å². The lowest BCUT2D eigenvalue weighted by atomic mass is 9.89. The summed E-state index contributed by atoms with van der Waals surface area (Å²) in [5.41, 5.74) is 2.82. The fourth-order valence-electron chi connectivity index (χ4n) is 3.48. The van der Waals surface area contributed by atoms with E-state index >= 15 is 0 Å². The van der Waals surface area contributed by atoms with Crippen molar-refractivity contribution in [3.05, 3.63) is 36.0 Å². The lowest BCUT2D eigenvalue weighted by molar-refractivity contribution is 0.209. The molecule has 1 fully saturated rings. The average molecular weight is 270 g/mol. The van der Waals surface area contributed by atoms with Gasteiger partial charge >= 0.3 is 0 Å². The first-order chi connectivity index (χ1) is 9.88. The smallest absolute Gasteiger partial charge is 0.0456 e. The Morgan fingerprint density at radius 1 is 1.15 bits per heavy atom. The van der Waals surface area contributed by atoms with Gasteiger partial charge in [-0.05, 0) is 56.4 Å². The molecule has 0 atom stereocenters. The van der Waals surface area contributed by atoms with Crippen molar-refractivity contribution < 1.29 is 0 Å². The largest absolute Gasteiger partial charge is 0.361 e. The molecule has 0 bridgehead atoms. The van der Waals surface area contributed by atoms with E-state index in [1.54, 1.807) is 0 Å². The summed E-state index contributed by atoms with van der Waals surface area (Å²) in [5.74, 6) is 0.744. The number of unbranched alkanes of at least 4 members (excludes halogenated alkanes) is 2. The third-order valence-electron chi connectivity index (χ3n) is 4.73. The topological polar surface area (TPSA) is 19.0 Å². The van der Waals surface area contributed by atoms with Crippen molar-refractivity contribution in [3.63, 3.8) is 0 Å². The van der Waals surface area contributed by atoms with Crippen LogP contribution >= 0.6 is 0 Å². The van der Waals surface area contributed by atoms with Crippen molar-refractivity contribution in [3.8, 4) is 0 Å². The Morgan fingerprint density at radius 3 is 2.75 bits per heavy atom. The van der Waals surface area contributed by atoms with E-state index in [-0.39, 0.29) is 0 Å². The molecule has 1 saturated heterocycles. The van der Waals surface area contributed by atoms with Crippen molar-refractivity contribution in [2.75, 3.05) is 19.6 Å². The molecule has 1 aromatic heterocycles. The molecule has 2 heterocycles. The van der Waals surface area contributed by atoms with Crippen LogP contribution in [0.25, 0.3) is 10.9 Å². The molecule has 3 rings (SSSR count). The minimum Gasteiger partial charge on any atom is -0.361 e. The number of nitrogens with zero attached hydrogens (tertiary/aromatic N) is 1. The minimum atomic E-state index is 0.744. The second kappa shape index (κ2) is 6.45. The number of H-pyrrole nitrogens is 1. The third kappa shape index (κ3) is 2.90. The highest BCUT2D eigenvalue weighted by Crippen LogP contribution is 2.33. The number of aromatic amines is 1. The molecule has 0 radical (unpaired) electrons. The molecule has 1 aromatic carbocycles. The van der Waals surface area contributed by atoms with Gasteiger partial charge in [-0.1, -0.05) is 38.0 Å². The molecule has 2 heteroatoms. The molecule has 0 spiro atoms. The molecule has 2 aromatic rings. The van der Waals surface area contributed by atoms with Crippen molar-refractivity contribution in [1.29, 1.82) is 0 Å². The Hall–Kier alpha value is -1.28. The van der Waals surface area contributed by atoms with E-state index in [2.05, 4.69) is 47.3 Å². The number of likely N-dealkylation sites (tertiary alicyclic amines) is 1. The van der Waals surface area contributed by atoms with Gasteiger partial charge in [-0.15, -0.1) is 0 Å². The summed E-state index contributed by atoms with van der Waals surface area (Å²) < 4.78 is 0. The van der Waals surface area contributed by atoms with Gasteiger partial charge < -0.3 is 9.88 Å². The van der Waals surface area contributed by atoms with E-state index in [0.29, 0.717) is 0 Å². The van der Waals surface area contributed by atoms with Gasteiger partial charge in [0.15, 0.2) is 0 Å². The maximum atomic E-state index is 3.42. The SMILES string of the molecule is CCCCCN1CCC(c2c[nH]c3ccccc23)CC1. The molecule has 0 saturated carbocycles. The predicted octanol–water partition coefficient (Wildman–Crippen LogP) is 4.54. The second-order valence-electron chi connectivity index (χ2n) is 6.11. The van der Waals surface area contributed by atoms with Gasteiger partial charge in [-0.2, -0.15) is 0 Å². The van der Waals surface area contributed by atoms with Crippen LogP contribution in [0.3, 0.4) is 0 Å². The minimum absolute atomic E-state index is 0.744. The fourth-order valence-corrected chi connectivity index (χ4v) is 3.48. The average Bonchev–Trinajstić information content (AvgIpc) is 2.92. The normalized spacial score (nSPS) is 17.9. The second-order valence-corrected chi connectivity index (χ2v) is 6.11. The zero-order chi connectivity index (χ0) is 13.8. The highest BCUT2D eigenvalue weighted by atomic mass is 15.1. The summed E-state index contributed by atoms with van der Waals surface area (Å²) in [4.78, 5) is 6.08. The van der Waals surface area contributed by atoms with Crippen molar-refractivity contribution in [2.24, 2.45) is 0 Å². The molecule has 2 nitrogen and oxygen atoms in total. The monoisotopic (exact) mass is 270 g/mol. The maximum absolute atomic E-state index is 3.42. The number of benzene rings is 1. The number of hydrogen-bond acceptors (Lipinski definition) is 1. The van der Waals surface area contributed by atoms with E-state index in [1.165, 1.54) is 68.2 Å². The highest BCUT2D eigenvalue weighted by Gasteiger charge is 2.22. The van der Waals surface area contributed by atoms with Crippen LogP contribution in [0.4, 0.5) is 0 Å². The van der Waals surface area contributed by atoms with Crippen LogP contribution < -0.4 is 0 Å². The number of para-hydroxylation sites is 1. The van der Waals surface area contributed by atoms with Crippen LogP contribution in [-0.4, -0.2) is 29.5 Å². The Bertz CT molecular complexity index is 535. The number of piperidine rings is 1. The first-order valence-corrected chi connectivity index (χ1v) is 8.17. The van der Waals surface area contributed by atoms with Gasteiger partial charge in [-0.25, -0.2) is 0 Å². The van der Waals surface area contributed by atoms with Crippen LogP contribution in [0, 0.1) is 0 Å². The summed E-state index contributed by atoms with van der Waals surface area (Å²) in [6.07, 6.45) is 8.94. The zero-order valence-electron chi connectivity index (χ0n) is 12.6. The van der Waals surface area contributed by atoms with Crippen LogP contribution in [0.1, 0.15) is 50.5 Å². The van der Waals surface area contributed by atoms with Gasteiger partial charge in [-0.3, -0.25) is 0 Å². The summed E-state index contributed by atoms with van der Waals surface area (Å²) in [5, 5.41) is 1.43. The van der Waals surface area contributed by atoms with Crippen LogP contribution in [0.5, 0.6) is 0 Å². The molecule has 0 amide bonds. The van der Waals surface area contributed by atoms with Gasteiger partial charge in [0.05, 0.1) is 0 Å². The molecule has 1 aliphatic rings. The van der Waals surface area contributed by atoms with Crippen molar-refractivity contribution in [2.45, 2.75) is 44.9 Å². The fraction of sp³-hybridized carbons (Fsp3) is 0.556. The molecule has 108 valence electrons. The van der Waals surface area contributed by atoms with E-state index in [1.807, 2.05) is 0 Å². The Balaban J connectivity index is 1.60. The van der Waals surface area contributed by atoms with Crippen molar-refractivity contribution >= 4 is 10.9 Å². The molecule has 0 aliphatic carbocycles. The predicted molar refractivity (Wildman–Crippen MR) is 86.2 cm³/mol. The molecule has 0 unspecified atom stereocenters. The lowest BCUT2D eigenvalue weighted by Crippen LogP contribution is -2.33. The van der Waals surface area contributed by atoms with E-state index in [9.17, 15) is 0 Å². The van der Waals surface area contributed by atoms with Gasteiger partial charge in [0, 0.05) is 17.1 Å². The van der Waals surface area contributed by atoms with Crippen LogP contribution in [0.2, 0.25) is 0 Å². The number of rotatable bonds is 5. The molecule has 1 aliphatic heterocycles. The lowest BCUT2D eigenvalue weighted by Gasteiger charge is -2.31. The molecular formula is C18H26N2. The van der Waals surface area contributed by atoms with Gasteiger partial charge in [0.1, 0.15) is 0 Å². The summed E-state index contributed by atoms with van der Waals surface area (Å²) in [7, 11) is 0. The van der Waals surface area contributed by atoms with E-state index < -0.39 is 0 Å². The van der Waals surface area contributed by atoms with Crippen LogP contribution in [-0.2, 0) is 0 Å². The zero-order valence-corrected chi connectivity index (χ0v) is 12.6. The van der Waals surface area contributed by atoms with Gasteiger partial charge in [0.2, 0.25) is 0 Å². The highest BCUT2D eigenvalue weighted by molar-refractivity contribution is 5.83. The number of fused-ring (bicyclic) bond motifs is 1. The number of hydrogen-bond donors (Lipinski definition) is 1. The van der Waals surface area contributed by atoms with Gasteiger partial charge in [0.25, 0.3) is 0 Å². The quantitative estimate of drug-likeness (QED) is 0.790. The summed E-state index contributed by atoms with van der Waals surface area (Å²) in [6, 6.07) is 8.70. The number of aromatic nitrogens is 1. The number of nitrogens with one attached hydrogen (secondary N) is 1. The Labute approximate surface area is 122 Å². The third-order valence-corrected chi connectivity index (χ3v) is 4.73. The molecule has 20 heavy (non-hydrogen) atoms. The standard InChI is InChI=1S/C18H26N2/c1-2-3-6-11-20-12-9-15(10-13-20)17-14-19-18-8-5-4-7-16(17)18/h4-5,7-8,14-15,19H,2-3,6,9-13H2,1H3. The van der Waals surface area contributed by atoms with E-state index in [4.69, 9.17) is 0 Å². The molecular weight excluding hydrogens is 244 g/mol. The Kier molecular flexibility index (Phi) is 4.41. The first-order valence-electron chi connectivity index (χ1n) is 8.17.